The molecule has 216 valence electrons. The van der Waals surface area contributed by atoms with Gasteiger partial charge in [0.25, 0.3) is 0 Å². The van der Waals surface area contributed by atoms with Crippen LogP contribution in [0.25, 0.3) is 0 Å². The van der Waals surface area contributed by atoms with E-state index in [0.717, 1.165) is 25.7 Å². The van der Waals surface area contributed by atoms with Crippen LogP contribution in [-0.2, 0) is 17.9 Å². The van der Waals surface area contributed by atoms with Crippen molar-refractivity contribution in [1.82, 2.24) is 25.5 Å². The Morgan fingerprint density at radius 1 is 1.20 bits per heavy atom. The molecule has 0 radical (unpaired) electrons. The lowest BCUT2D eigenvalue weighted by atomic mass is 9.90. The Bertz CT molecular complexity index is 1420. The number of nitrogens with zero attached hydrogens (tertiary/aromatic N) is 5. The Morgan fingerprint density at radius 3 is 2.54 bits per heavy atom. The molecule has 0 spiro atoms. The first-order chi connectivity index (χ1) is 19.8. The van der Waals surface area contributed by atoms with Gasteiger partial charge in [0.2, 0.25) is 11.9 Å². The number of carbonyl (C=O) groups excluding carboxylic acids is 2. The molecule has 5 rings (SSSR count). The van der Waals surface area contributed by atoms with Crippen LogP contribution >= 0.6 is 23.2 Å². The number of halogens is 2. The summed E-state index contributed by atoms with van der Waals surface area (Å²) in [7, 11) is 2.94. The summed E-state index contributed by atoms with van der Waals surface area (Å²) in [5.74, 6) is 1.18. The van der Waals surface area contributed by atoms with E-state index in [-0.39, 0.29) is 46.8 Å². The summed E-state index contributed by atoms with van der Waals surface area (Å²) >= 11 is 13.4. The van der Waals surface area contributed by atoms with Gasteiger partial charge in [-0.05, 0) is 25.0 Å². The molecular formula is C27H30Cl2N8O4. The number of benzene rings is 1. The number of urea groups is 1. The average Bonchev–Trinajstić information content (AvgIpc) is 3.50. The summed E-state index contributed by atoms with van der Waals surface area (Å²) in [5, 5.41) is 13.6. The zero-order valence-electron chi connectivity index (χ0n) is 22.6. The first-order valence-corrected chi connectivity index (χ1v) is 13.8. The molecule has 1 saturated carbocycles. The second-order valence-electron chi connectivity index (χ2n) is 9.69. The molecule has 12 nitrogen and oxygen atoms in total. The first-order valence-electron chi connectivity index (χ1n) is 13.1. The number of carbonyl (C=O) groups is 2. The summed E-state index contributed by atoms with van der Waals surface area (Å²) in [6.45, 7) is 3.80. The van der Waals surface area contributed by atoms with Crippen molar-refractivity contribution in [2.45, 2.75) is 50.9 Å². The molecule has 1 aromatic carbocycles. The average molecular weight is 601 g/mol. The number of methoxy groups -OCH3 is 2. The number of nitrogens with one attached hydrogen (secondary N) is 3. The molecule has 14 heteroatoms. The fourth-order valence-corrected chi connectivity index (χ4v) is 5.85. The van der Waals surface area contributed by atoms with Crippen LogP contribution in [0, 0.1) is 0 Å². The molecule has 2 unspecified atom stereocenters. The van der Waals surface area contributed by atoms with Gasteiger partial charge in [-0.3, -0.25) is 19.7 Å². The maximum Gasteiger partial charge on any atom is 0.330 e. The molecule has 2 aromatic heterocycles. The maximum absolute atomic E-state index is 14.1. The van der Waals surface area contributed by atoms with E-state index >= 15 is 0 Å². The predicted octanol–water partition coefficient (Wildman–Crippen LogP) is 4.70. The number of ether oxygens (including phenoxy) is 2. The van der Waals surface area contributed by atoms with Crippen LogP contribution in [0.4, 0.5) is 22.2 Å². The van der Waals surface area contributed by atoms with E-state index in [1.807, 2.05) is 0 Å². The lowest BCUT2D eigenvalue weighted by Gasteiger charge is -2.37. The van der Waals surface area contributed by atoms with E-state index < -0.39 is 6.03 Å². The van der Waals surface area contributed by atoms with E-state index in [2.05, 4.69) is 32.4 Å². The van der Waals surface area contributed by atoms with Gasteiger partial charge in [0, 0.05) is 36.1 Å². The van der Waals surface area contributed by atoms with Gasteiger partial charge in [-0.1, -0.05) is 42.6 Å². The zero-order chi connectivity index (χ0) is 29.1. The van der Waals surface area contributed by atoms with E-state index in [1.54, 1.807) is 24.5 Å². The smallest absolute Gasteiger partial charge is 0.330 e. The van der Waals surface area contributed by atoms with Gasteiger partial charge >= 0.3 is 6.03 Å². The number of fused-ring (bicyclic) bond motifs is 1. The SMILES string of the molecule is C=CC(=O)NC1CCCCC1Nc1ncc2c(n1)N(Cc1ccn[nH]1)C(=O)N(c1c(Cl)c(OC)cc(OC)c1Cl)C2. The standard InChI is InChI=1S/C27H30Cl2N8O4/c1-4-21(38)32-17-7-5-6-8-18(17)33-26-30-12-15-13-36(24-22(28)19(40-2)11-20(41-3)23(24)29)27(39)37(25(15)34-26)14-16-9-10-31-35-16/h4,9-12,17-18H,1,5-8,13-14H2,2-3H3,(H,31,35)(H,32,38)(H,30,33,34). The highest BCUT2D eigenvalue weighted by atomic mass is 35.5. The number of rotatable bonds is 9. The molecule has 3 N–H and O–H groups in total. The van der Waals surface area contributed by atoms with Crippen LogP contribution in [0.1, 0.15) is 36.9 Å². The van der Waals surface area contributed by atoms with Crippen LogP contribution in [0.5, 0.6) is 11.5 Å². The third kappa shape index (κ3) is 5.75. The molecule has 0 bridgehead atoms. The second kappa shape index (κ2) is 12.2. The van der Waals surface area contributed by atoms with Gasteiger partial charge in [-0.15, -0.1) is 0 Å². The van der Waals surface area contributed by atoms with E-state index in [1.165, 1.54) is 30.1 Å². The molecule has 0 saturated heterocycles. The normalized spacial score (nSPS) is 18.5. The molecule has 41 heavy (non-hydrogen) atoms. The topological polar surface area (TPSA) is 138 Å². The third-order valence-electron chi connectivity index (χ3n) is 7.19. The monoisotopic (exact) mass is 600 g/mol. The fourth-order valence-electron chi connectivity index (χ4n) is 5.14. The van der Waals surface area contributed by atoms with Crippen LogP contribution in [-0.4, -0.2) is 58.4 Å². The number of H-pyrrole nitrogens is 1. The predicted molar refractivity (Wildman–Crippen MR) is 156 cm³/mol. The lowest BCUT2D eigenvalue weighted by Crippen LogP contribution is -2.49. The van der Waals surface area contributed by atoms with E-state index in [4.69, 9.17) is 37.7 Å². The van der Waals surface area contributed by atoms with E-state index in [0.29, 0.717) is 34.5 Å². The first kappa shape index (κ1) is 28.5. The molecule has 3 aromatic rings. The molecule has 2 atom stereocenters. The van der Waals surface area contributed by atoms with Gasteiger partial charge in [-0.25, -0.2) is 9.78 Å². The van der Waals surface area contributed by atoms with Crippen molar-refractivity contribution in [2.24, 2.45) is 0 Å². The molecule has 3 amide bonds. The zero-order valence-corrected chi connectivity index (χ0v) is 24.1. The Labute approximate surface area is 247 Å². The fraction of sp³-hybridized carbons (Fsp3) is 0.370. The lowest BCUT2D eigenvalue weighted by molar-refractivity contribution is -0.117. The minimum absolute atomic E-state index is 0.0793. The highest BCUT2D eigenvalue weighted by Crippen LogP contribution is 2.48. The quantitative estimate of drug-likeness (QED) is 0.301. The Kier molecular flexibility index (Phi) is 8.50. The molecule has 1 aliphatic heterocycles. The van der Waals surface area contributed by atoms with Crippen LogP contribution in [0.2, 0.25) is 10.0 Å². The van der Waals surface area contributed by atoms with Crippen LogP contribution in [0.3, 0.4) is 0 Å². The van der Waals surface area contributed by atoms with E-state index in [9.17, 15) is 9.59 Å². The van der Waals surface area contributed by atoms with Gasteiger partial charge in [-0.2, -0.15) is 10.1 Å². The largest absolute Gasteiger partial charge is 0.495 e. The summed E-state index contributed by atoms with van der Waals surface area (Å²) < 4.78 is 10.8. The van der Waals surface area contributed by atoms with Crippen molar-refractivity contribution in [2.75, 3.05) is 29.3 Å². The minimum atomic E-state index is -0.412. The van der Waals surface area contributed by atoms with Crippen LogP contribution in [0.15, 0.2) is 37.2 Å². The maximum atomic E-state index is 14.1. The highest BCUT2D eigenvalue weighted by Gasteiger charge is 2.37. The Morgan fingerprint density at radius 2 is 1.90 bits per heavy atom. The van der Waals surface area contributed by atoms with Gasteiger partial charge in [0.15, 0.2) is 0 Å². The van der Waals surface area contributed by atoms with Gasteiger partial charge in [0.1, 0.15) is 27.4 Å². The molecule has 1 aliphatic carbocycles. The summed E-state index contributed by atoms with van der Waals surface area (Å²) in [6, 6.07) is 2.75. The molecule has 2 aliphatic rings. The molecule has 3 heterocycles. The number of amides is 3. The summed E-state index contributed by atoms with van der Waals surface area (Å²) in [6.07, 6.45) is 8.22. The minimum Gasteiger partial charge on any atom is -0.495 e. The van der Waals surface area contributed by atoms with Crippen molar-refractivity contribution >= 4 is 52.6 Å². The van der Waals surface area contributed by atoms with Crippen LogP contribution < -0.4 is 29.9 Å². The van der Waals surface area contributed by atoms with Crippen molar-refractivity contribution in [3.8, 4) is 11.5 Å². The summed E-state index contributed by atoms with van der Waals surface area (Å²) in [4.78, 5) is 38.4. The molecule has 1 fully saturated rings. The highest BCUT2D eigenvalue weighted by molar-refractivity contribution is 6.42. The van der Waals surface area contributed by atoms with Gasteiger partial charge in [0.05, 0.1) is 38.7 Å². The Balaban J connectivity index is 1.52. The number of aromatic nitrogens is 4. The van der Waals surface area contributed by atoms with Gasteiger partial charge < -0.3 is 20.1 Å². The number of hydrogen-bond donors (Lipinski definition) is 3. The van der Waals surface area contributed by atoms with Crippen molar-refractivity contribution < 1.29 is 19.1 Å². The van der Waals surface area contributed by atoms with Crippen molar-refractivity contribution in [3.05, 3.63) is 58.5 Å². The van der Waals surface area contributed by atoms with Crippen molar-refractivity contribution in [1.29, 1.82) is 0 Å². The van der Waals surface area contributed by atoms with Crippen molar-refractivity contribution in [3.63, 3.8) is 0 Å². The number of anilines is 3. The third-order valence-corrected chi connectivity index (χ3v) is 7.92. The Hall–Kier alpha value is -4.03. The number of hydrogen-bond acceptors (Lipinski definition) is 8. The second-order valence-corrected chi connectivity index (χ2v) is 10.4. The summed E-state index contributed by atoms with van der Waals surface area (Å²) in [5.41, 5.74) is 1.61. The molecular weight excluding hydrogens is 571 g/mol. The number of aromatic amines is 1.